The third-order valence-corrected chi connectivity index (χ3v) is 2.98. The molecule has 1 heterocycles. The average molecular weight is 259 g/mol. The lowest BCUT2D eigenvalue weighted by atomic mass is 9.93. The molecule has 94 valence electrons. The second-order valence-corrected chi connectivity index (χ2v) is 4.36. The first-order chi connectivity index (χ1) is 8.19. The first-order valence-corrected chi connectivity index (χ1v) is 5.97. The Labute approximate surface area is 104 Å². The van der Waals surface area contributed by atoms with Crippen molar-refractivity contribution in [2.45, 2.75) is 37.8 Å². The van der Waals surface area contributed by atoms with E-state index in [-0.39, 0.29) is 23.4 Å². The van der Waals surface area contributed by atoms with Gasteiger partial charge in [0.05, 0.1) is 19.3 Å². The van der Waals surface area contributed by atoms with Gasteiger partial charge in [0.1, 0.15) is 0 Å². The summed E-state index contributed by atoms with van der Waals surface area (Å²) in [6.07, 6.45) is 3.47. The van der Waals surface area contributed by atoms with E-state index >= 15 is 0 Å². The van der Waals surface area contributed by atoms with E-state index in [0.717, 1.165) is 25.7 Å². The summed E-state index contributed by atoms with van der Waals surface area (Å²) in [5, 5.41) is 13.0. The number of methoxy groups -OCH3 is 1. The third-order valence-electron chi connectivity index (χ3n) is 2.81. The van der Waals surface area contributed by atoms with Gasteiger partial charge in [-0.05, 0) is 24.4 Å². The topological polar surface area (TPSA) is 80.2 Å². The SMILES string of the molecule is COc1nc(Cl)nc(NC2CCCCC2O)n1. The molecule has 0 spiro atoms. The van der Waals surface area contributed by atoms with Crippen molar-refractivity contribution in [2.75, 3.05) is 12.4 Å². The Kier molecular flexibility index (Phi) is 3.96. The van der Waals surface area contributed by atoms with E-state index in [1.54, 1.807) is 0 Å². The van der Waals surface area contributed by atoms with Crippen LogP contribution in [0.1, 0.15) is 25.7 Å². The monoisotopic (exact) mass is 258 g/mol. The van der Waals surface area contributed by atoms with Gasteiger partial charge in [0.2, 0.25) is 11.2 Å². The second kappa shape index (κ2) is 5.46. The predicted octanol–water partition coefficient (Wildman–Crippen LogP) is 1.25. The molecule has 1 aliphatic rings. The zero-order valence-corrected chi connectivity index (χ0v) is 10.3. The molecule has 2 atom stereocenters. The molecule has 7 heteroatoms. The molecule has 1 aliphatic carbocycles. The van der Waals surface area contributed by atoms with Crippen LogP contribution >= 0.6 is 11.6 Å². The van der Waals surface area contributed by atoms with Crippen molar-refractivity contribution >= 4 is 17.5 Å². The Balaban J connectivity index is 2.09. The van der Waals surface area contributed by atoms with Gasteiger partial charge in [-0.25, -0.2) is 0 Å². The molecule has 2 rings (SSSR count). The van der Waals surface area contributed by atoms with Gasteiger partial charge in [0.25, 0.3) is 0 Å². The normalized spacial score (nSPS) is 24.4. The van der Waals surface area contributed by atoms with E-state index in [0.29, 0.717) is 5.95 Å². The number of nitrogens with zero attached hydrogens (tertiary/aromatic N) is 3. The molecule has 1 aromatic rings. The number of nitrogens with one attached hydrogen (secondary N) is 1. The molecule has 1 aromatic heterocycles. The first-order valence-electron chi connectivity index (χ1n) is 5.59. The van der Waals surface area contributed by atoms with Crippen LogP contribution in [0.4, 0.5) is 5.95 Å². The number of aromatic nitrogens is 3. The van der Waals surface area contributed by atoms with Crippen molar-refractivity contribution in [3.8, 4) is 6.01 Å². The summed E-state index contributed by atoms with van der Waals surface area (Å²) in [4.78, 5) is 11.8. The summed E-state index contributed by atoms with van der Waals surface area (Å²) in [5.41, 5.74) is 0. The largest absolute Gasteiger partial charge is 0.467 e. The predicted molar refractivity (Wildman–Crippen MR) is 63.3 cm³/mol. The molecule has 2 unspecified atom stereocenters. The molecule has 1 saturated carbocycles. The van der Waals surface area contributed by atoms with Gasteiger partial charge in [0.15, 0.2) is 0 Å². The Bertz CT molecular complexity index is 391. The zero-order valence-electron chi connectivity index (χ0n) is 9.56. The highest BCUT2D eigenvalue weighted by molar-refractivity contribution is 6.28. The molecular weight excluding hydrogens is 244 g/mol. The van der Waals surface area contributed by atoms with E-state index in [2.05, 4.69) is 20.3 Å². The summed E-state index contributed by atoms with van der Waals surface area (Å²) in [7, 11) is 1.46. The lowest BCUT2D eigenvalue weighted by Gasteiger charge is -2.28. The zero-order chi connectivity index (χ0) is 12.3. The van der Waals surface area contributed by atoms with Gasteiger partial charge in [0, 0.05) is 0 Å². The van der Waals surface area contributed by atoms with Gasteiger partial charge >= 0.3 is 6.01 Å². The molecule has 0 aliphatic heterocycles. The Morgan fingerprint density at radius 3 is 2.76 bits per heavy atom. The summed E-state index contributed by atoms with van der Waals surface area (Å²) in [6, 6.07) is 0.129. The molecule has 2 N–H and O–H groups in total. The number of aliphatic hydroxyl groups is 1. The Hall–Kier alpha value is -1.14. The molecule has 0 saturated heterocycles. The number of rotatable bonds is 3. The summed E-state index contributed by atoms with van der Waals surface area (Å²) >= 11 is 5.74. The van der Waals surface area contributed by atoms with Gasteiger partial charge < -0.3 is 15.2 Å². The molecule has 6 nitrogen and oxygen atoms in total. The molecule has 17 heavy (non-hydrogen) atoms. The van der Waals surface area contributed by atoms with Crippen LogP contribution in [0.15, 0.2) is 0 Å². The maximum absolute atomic E-state index is 9.83. The molecule has 0 amide bonds. The number of hydrogen-bond donors (Lipinski definition) is 2. The third kappa shape index (κ3) is 3.17. The fourth-order valence-electron chi connectivity index (χ4n) is 1.93. The van der Waals surface area contributed by atoms with E-state index in [4.69, 9.17) is 16.3 Å². The van der Waals surface area contributed by atoms with Crippen LogP contribution in [0.3, 0.4) is 0 Å². The standard InChI is InChI=1S/C10H15ClN4O2/c1-17-10-14-8(11)13-9(15-10)12-6-4-2-3-5-7(6)16/h6-7,16H,2-5H2,1H3,(H,12,13,14,15). The van der Waals surface area contributed by atoms with Gasteiger partial charge in [-0.3, -0.25) is 0 Å². The smallest absolute Gasteiger partial charge is 0.322 e. The van der Waals surface area contributed by atoms with E-state index in [1.807, 2.05) is 0 Å². The molecule has 1 fully saturated rings. The fourth-order valence-corrected chi connectivity index (χ4v) is 2.09. The Morgan fingerprint density at radius 1 is 1.29 bits per heavy atom. The van der Waals surface area contributed by atoms with Crippen LogP contribution in [0.2, 0.25) is 5.28 Å². The molecular formula is C10H15ClN4O2. The summed E-state index contributed by atoms with van der Waals surface area (Å²) < 4.78 is 4.90. The highest BCUT2D eigenvalue weighted by atomic mass is 35.5. The fraction of sp³-hybridized carbons (Fsp3) is 0.700. The number of halogens is 1. The number of ether oxygens (including phenoxy) is 1. The molecule has 0 radical (unpaired) electrons. The van der Waals surface area contributed by atoms with E-state index in [9.17, 15) is 5.11 Å². The maximum Gasteiger partial charge on any atom is 0.322 e. The van der Waals surface area contributed by atoms with Gasteiger partial charge in [-0.2, -0.15) is 15.0 Å². The average Bonchev–Trinajstić information content (AvgIpc) is 2.31. The van der Waals surface area contributed by atoms with Crippen LogP contribution in [-0.2, 0) is 0 Å². The molecule has 0 aromatic carbocycles. The number of aliphatic hydroxyl groups excluding tert-OH is 1. The maximum atomic E-state index is 9.83. The van der Waals surface area contributed by atoms with Crippen molar-refractivity contribution < 1.29 is 9.84 Å². The molecule has 0 bridgehead atoms. The summed E-state index contributed by atoms with van der Waals surface area (Å²) in [5.74, 6) is 0.341. The van der Waals surface area contributed by atoms with Crippen LogP contribution in [0.5, 0.6) is 6.01 Å². The van der Waals surface area contributed by atoms with E-state index in [1.165, 1.54) is 7.11 Å². The highest BCUT2D eigenvalue weighted by Gasteiger charge is 2.23. The lowest BCUT2D eigenvalue weighted by molar-refractivity contribution is 0.116. The van der Waals surface area contributed by atoms with Crippen molar-refractivity contribution in [1.82, 2.24) is 15.0 Å². The number of hydrogen-bond acceptors (Lipinski definition) is 6. The van der Waals surface area contributed by atoms with Crippen molar-refractivity contribution in [3.05, 3.63) is 5.28 Å². The van der Waals surface area contributed by atoms with E-state index < -0.39 is 0 Å². The van der Waals surface area contributed by atoms with Crippen LogP contribution in [0.25, 0.3) is 0 Å². The van der Waals surface area contributed by atoms with Crippen LogP contribution < -0.4 is 10.1 Å². The Morgan fingerprint density at radius 2 is 2.06 bits per heavy atom. The van der Waals surface area contributed by atoms with Crippen LogP contribution in [0, 0.1) is 0 Å². The summed E-state index contributed by atoms with van der Waals surface area (Å²) in [6.45, 7) is 0. The van der Waals surface area contributed by atoms with Crippen LogP contribution in [-0.4, -0.2) is 39.3 Å². The van der Waals surface area contributed by atoms with Crippen molar-refractivity contribution in [1.29, 1.82) is 0 Å². The van der Waals surface area contributed by atoms with Crippen molar-refractivity contribution in [2.24, 2.45) is 0 Å². The lowest BCUT2D eigenvalue weighted by Crippen LogP contribution is -2.36. The quantitative estimate of drug-likeness (QED) is 0.849. The minimum atomic E-state index is -0.370. The number of anilines is 1. The highest BCUT2D eigenvalue weighted by Crippen LogP contribution is 2.21. The second-order valence-electron chi connectivity index (χ2n) is 4.02. The van der Waals surface area contributed by atoms with Gasteiger partial charge in [-0.15, -0.1) is 0 Å². The van der Waals surface area contributed by atoms with Gasteiger partial charge in [-0.1, -0.05) is 12.8 Å². The first kappa shape index (κ1) is 12.3. The minimum Gasteiger partial charge on any atom is -0.467 e. The van der Waals surface area contributed by atoms with Crippen molar-refractivity contribution in [3.63, 3.8) is 0 Å². The minimum absolute atomic E-state index is 0.0353.